The van der Waals surface area contributed by atoms with E-state index in [1.165, 1.54) is 50.5 Å². The molecule has 0 heterocycles. The molecule has 3 atom stereocenters. The first-order valence-electron chi connectivity index (χ1n) is 9.54. The number of hydrogen-bond acceptors (Lipinski definition) is 0. The van der Waals surface area contributed by atoms with E-state index in [2.05, 4.69) is 52.8 Å². The minimum Gasteiger partial charge on any atom is -0.0654 e. The van der Waals surface area contributed by atoms with Crippen LogP contribution >= 0.6 is 0 Å². The van der Waals surface area contributed by atoms with E-state index >= 15 is 0 Å². The van der Waals surface area contributed by atoms with E-state index in [1.807, 2.05) is 0 Å². The molecule has 0 N–H and O–H groups in total. The topological polar surface area (TPSA) is 0 Å². The SMILES string of the molecule is CCCC1(C)CCCC2(C)c3ccc(C(C)C)cc3CCC12. The predicted octanol–water partition coefficient (Wildman–Crippen LogP) is 6.62. The molecule has 0 spiro atoms. The van der Waals surface area contributed by atoms with Gasteiger partial charge in [0, 0.05) is 0 Å². The molecule has 0 amide bonds. The molecule has 1 aromatic carbocycles. The van der Waals surface area contributed by atoms with Crippen LogP contribution in [-0.4, -0.2) is 0 Å². The van der Waals surface area contributed by atoms with Gasteiger partial charge in [-0.3, -0.25) is 0 Å². The molecule has 1 fully saturated rings. The molecule has 0 bridgehead atoms. The van der Waals surface area contributed by atoms with Crippen molar-refractivity contribution in [1.82, 2.24) is 0 Å². The third kappa shape index (κ3) is 2.43. The Morgan fingerprint density at radius 2 is 1.95 bits per heavy atom. The van der Waals surface area contributed by atoms with E-state index in [4.69, 9.17) is 0 Å². The number of hydrogen-bond donors (Lipinski definition) is 0. The van der Waals surface area contributed by atoms with Gasteiger partial charge in [0.15, 0.2) is 0 Å². The highest BCUT2D eigenvalue weighted by Gasteiger charge is 2.50. The lowest BCUT2D eigenvalue weighted by Crippen LogP contribution is -2.49. The van der Waals surface area contributed by atoms with E-state index in [9.17, 15) is 0 Å². The van der Waals surface area contributed by atoms with Gasteiger partial charge in [-0.05, 0) is 71.5 Å². The van der Waals surface area contributed by atoms with Gasteiger partial charge in [0.25, 0.3) is 0 Å². The minimum absolute atomic E-state index is 0.422. The molecule has 1 saturated carbocycles. The van der Waals surface area contributed by atoms with Crippen LogP contribution in [0.2, 0.25) is 0 Å². The quantitative estimate of drug-likeness (QED) is 0.588. The monoisotopic (exact) mass is 298 g/mol. The number of benzene rings is 1. The Labute approximate surface area is 137 Å². The molecule has 0 nitrogen and oxygen atoms in total. The smallest absolute Gasteiger partial charge is 0.00390 e. The third-order valence-electron chi connectivity index (χ3n) is 6.99. The molecule has 2 aliphatic carbocycles. The summed E-state index contributed by atoms with van der Waals surface area (Å²) in [6, 6.07) is 7.42. The summed E-state index contributed by atoms with van der Waals surface area (Å²) >= 11 is 0. The van der Waals surface area contributed by atoms with Crippen LogP contribution in [0.15, 0.2) is 18.2 Å². The second-order valence-corrected chi connectivity index (χ2v) is 8.84. The maximum absolute atomic E-state index is 2.59. The maximum atomic E-state index is 2.59. The second-order valence-electron chi connectivity index (χ2n) is 8.84. The van der Waals surface area contributed by atoms with Crippen molar-refractivity contribution in [3.63, 3.8) is 0 Å². The van der Waals surface area contributed by atoms with Gasteiger partial charge in [-0.1, -0.05) is 65.7 Å². The predicted molar refractivity (Wildman–Crippen MR) is 96.6 cm³/mol. The molecule has 0 radical (unpaired) electrons. The normalized spacial score (nSPS) is 34.4. The van der Waals surface area contributed by atoms with Crippen molar-refractivity contribution < 1.29 is 0 Å². The van der Waals surface area contributed by atoms with Gasteiger partial charge in [0.1, 0.15) is 0 Å². The van der Waals surface area contributed by atoms with Crippen LogP contribution in [0.25, 0.3) is 0 Å². The lowest BCUT2D eigenvalue weighted by atomic mass is 9.49. The highest BCUT2D eigenvalue weighted by atomic mass is 14.5. The van der Waals surface area contributed by atoms with Gasteiger partial charge in [-0.2, -0.15) is 0 Å². The summed E-state index contributed by atoms with van der Waals surface area (Å²) in [6.45, 7) is 12.2. The summed E-state index contributed by atoms with van der Waals surface area (Å²) in [6.07, 6.45) is 9.70. The van der Waals surface area contributed by atoms with Crippen LogP contribution in [0.3, 0.4) is 0 Å². The number of rotatable bonds is 3. The lowest BCUT2D eigenvalue weighted by Gasteiger charge is -2.56. The van der Waals surface area contributed by atoms with Gasteiger partial charge in [-0.25, -0.2) is 0 Å². The van der Waals surface area contributed by atoms with Crippen LogP contribution in [-0.2, 0) is 11.8 Å². The lowest BCUT2D eigenvalue weighted by molar-refractivity contribution is 0.0182. The summed E-state index contributed by atoms with van der Waals surface area (Å²) in [5, 5.41) is 0. The Hall–Kier alpha value is -0.780. The first-order valence-corrected chi connectivity index (χ1v) is 9.54. The van der Waals surface area contributed by atoms with E-state index in [0.29, 0.717) is 16.7 Å². The van der Waals surface area contributed by atoms with Crippen molar-refractivity contribution in [1.29, 1.82) is 0 Å². The molecule has 0 aliphatic heterocycles. The summed E-state index contributed by atoms with van der Waals surface area (Å²) in [5.41, 5.74) is 5.86. The van der Waals surface area contributed by atoms with E-state index < -0.39 is 0 Å². The van der Waals surface area contributed by atoms with Gasteiger partial charge in [0.05, 0.1) is 0 Å². The molecule has 3 unspecified atom stereocenters. The number of fused-ring (bicyclic) bond motifs is 3. The molecular formula is C22H34. The average Bonchev–Trinajstić information content (AvgIpc) is 2.46. The Bertz CT molecular complexity index is 537. The molecule has 22 heavy (non-hydrogen) atoms. The van der Waals surface area contributed by atoms with E-state index in [0.717, 1.165) is 5.92 Å². The third-order valence-corrected chi connectivity index (χ3v) is 6.99. The molecule has 1 aromatic rings. The average molecular weight is 299 g/mol. The van der Waals surface area contributed by atoms with Crippen molar-refractivity contribution in [3.05, 3.63) is 34.9 Å². The zero-order chi connectivity index (χ0) is 16.0. The molecular weight excluding hydrogens is 264 g/mol. The Kier molecular flexibility index (Phi) is 4.16. The first-order chi connectivity index (χ1) is 10.4. The summed E-state index contributed by atoms with van der Waals surface area (Å²) < 4.78 is 0. The first kappa shape index (κ1) is 16.1. The minimum atomic E-state index is 0.422. The van der Waals surface area contributed by atoms with Crippen LogP contribution in [0, 0.1) is 11.3 Å². The van der Waals surface area contributed by atoms with E-state index in [-0.39, 0.29) is 0 Å². The van der Waals surface area contributed by atoms with Gasteiger partial charge < -0.3 is 0 Å². The van der Waals surface area contributed by atoms with Crippen molar-refractivity contribution in [2.24, 2.45) is 11.3 Å². The summed E-state index contributed by atoms with van der Waals surface area (Å²) in [5.74, 6) is 1.53. The van der Waals surface area contributed by atoms with Crippen molar-refractivity contribution in [2.45, 2.75) is 90.9 Å². The van der Waals surface area contributed by atoms with Gasteiger partial charge in [0.2, 0.25) is 0 Å². The molecule has 2 aliphatic rings. The molecule has 3 rings (SSSR count). The molecule has 0 heteroatoms. The molecule has 0 aromatic heterocycles. The molecule has 0 saturated heterocycles. The fourth-order valence-electron chi connectivity index (χ4n) is 5.87. The molecule has 122 valence electrons. The van der Waals surface area contributed by atoms with Crippen molar-refractivity contribution in [2.75, 3.05) is 0 Å². The van der Waals surface area contributed by atoms with Gasteiger partial charge in [-0.15, -0.1) is 0 Å². The number of aryl methyl sites for hydroxylation is 1. The summed E-state index contributed by atoms with van der Waals surface area (Å²) in [7, 11) is 0. The van der Waals surface area contributed by atoms with Crippen LogP contribution < -0.4 is 0 Å². The zero-order valence-electron chi connectivity index (χ0n) is 15.3. The van der Waals surface area contributed by atoms with Crippen LogP contribution in [0.5, 0.6) is 0 Å². The van der Waals surface area contributed by atoms with Gasteiger partial charge >= 0.3 is 0 Å². The largest absolute Gasteiger partial charge is 0.0654 e. The van der Waals surface area contributed by atoms with Crippen LogP contribution in [0.1, 0.15) is 95.8 Å². The zero-order valence-corrected chi connectivity index (χ0v) is 15.3. The fourth-order valence-corrected chi connectivity index (χ4v) is 5.87. The van der Waals surface area contributed by atoms with Crippen molar-refractivity contribution in [3.8, 4) is 0 Å². The Morgan fingerprint density at radius 3 is 2.64 bits per heavy atom. The summed E-state index contributed by atoms with van der Waals surface area (Å²) in [4.78, 5) is 0. The second kappa shape index (κ2) is 5.69. The highest BCUT2D eigenvalue weighted by Crippen LogP contribution is 2.58. The van der Waals surface area contributed by atoms with Crippen LogP contribution in [0.4, 0.5) is 0 Å². The standard InChI is InChI=1S/C22H34/c1-6-12-21(4)13-7-14-22(5)19-10-8-17(16(2)3)15-18(19)9-11-20(21)22/h8,10,15-16,20H,6-7,9,11-14H2,1-5H3. The van der Waals surface area contributed by atoms with E-state index in [1.54, 1.807) is 11.1 Å². The Balaban J connectivity index is 2.02. The van der Waals surface area contributed by atoms with Crippen molar-refractivity contribution >= 4 is 0 Å². The maximum Gasteiger partial charge on any atom is -0.00390 e. The fraction of sp³-hybridized carbons (Fsp3) is 0.727. The highest BCUT2D eigenvalue weighted by molar-refractivity contribution is 5.42. The Morgan fingerprint density at radius 1 is 1.18 bits per heavy atom.